The van der Waals surface area contributed by atoms with Crippen molar-refractivity contribution in [3.63, 3.8) is 0 Å². The Balaban J connectivity index is 3.05. The lowest BCUT2D eigenvalue weighted by molar-refractivity contribution is -0.123. The lowest BCUT2D eigenvalue weighted by Gasteiger charge is -2.41. The number of carbonyl (C=O) groups excluding carboxylic acids is 1. The van der Waals surface area contributed by atoms with Crippen molar-refractivity contribution in [3.05, 3.63) is 23.8 Å². The maximum absolute atomic E-state index is 12.1. The highest BCUT2D eigenvalue weighted by molar-refractivity contribution is 5.92. The molecule has 0 heterocycles. The molecule has 1 aliphatic rings. The average Bonchev–Trinajstić information content (AvgIpc) is 2.12. The van der Waals surface area contributed by atoms with Crippen molar-refractivity contribution in [2.75, 3.05) is 0 Å². The molecule has 0 aromatic rings. The monoisotopic (exact) mass is 206 g/mol. The molecule has 0 fully saturated rings. The predicted molar refractivity (Wildman–Crippen MR) is 64.6 cm³/mol. The summed E-state index contributed by atoms with van der Waals surface area (Å²) in [5.41, 5.74) is 1.36. The molecular weight excluding hydrogens is 184 g/mol. The van der Waals surface area contributed by atoms with Crippen molar-refractivity contribution in [2.24, 2.45) is 17.3 Å². The molecule has 0 aromatic carbocycles. The van der Waals surface area contributed by atoms with Crippen LogP contribution < -0.4 is 0 Å². The number of carbonyl (C=O) groups is 1. The molecule has 1 nitrogen and oxygen atoms in total. The molecular formula is C14H22O. The van der Waals surface area contributed by atoms with Crippen molar-refractivity contribution in [2.45, 2.75) is 41.0 Å². The van der Waals surface area contributed by atoms with E-state index in [2.05, 4.69) is 33.8 Å². The normalized spacial score (nSPS) is 30.3. The Morgan fingerprint density at radius 3 is 2.67 bits per heavy atom. The molecule has 0 saturated carbocycles. The number of hydrogen-bond acceptors (Lipinski definition) is 1. The van der Waals surface area contributed by atoms with Crippen LogP contribution in [0.25, 0.3) is 0 Å². The average molecular weight is 206 g/mol. The number of allylic oxidation sites excluding steroid dienone is 4. The second-order valence-corrected chi connectivity index (χ2v) is 5.20. The minimum atomic E-state index is 0.00819. The van der Waals surface area contributed by atoms with E-state index in [1.54, 1.807) is 6.08 Å². The lowest BCUT2D eigenvalue weighted by atomic mass is 9.62. The molecule has 0 amide bonds. The summed E-state index contributed by atoms with van der Waals surface area (Å²) < 4.78 is 0. The molecule has 0 bridgehead atoms. The first-order valence-corrected chi connectivity index (χ1v) is 5.75. The highest BCUT2D eigenvalue weighted by Gasteiger charge is 2.40. The van der Waals surface area contributed by atoms with Crippen LogP contribution in [0.4, 0.5) is 0 Å². The van der Waals surface area contributed by atoms with Crippen LogP contribution in [0.15, 0.2) is 23.8 Å². The standard InChI is InChI=1S/C14H22O/c1-6-7-12(15)13-10(2)8-9-11(3)14(13,4)5/h6-7,9-10,13H,8H2,1-5H3/b7-6+/t10-,13+/m0/s1. The van der Waals surface area contributed by atoms with E-state index in [9.17, 15) is 4.79 Å². The molecule has 0 unspecified atom stereocenters. The van der Waals surface area contributed by atoms with Crippen LogP contribution >= 0.6 is 0 Å². The van der Waals surface area contributed by atoms with Crippen molar-refractivity contribution < 1.29 is 4.79 Å². The van der Waals surface area contributed by atoms with E-state index in [-0.39, 0.29) is 17.1 Å². The Kier molecular flexibility index (Phi) is 3.54. The van der Waals surface area contributed by atoms with E-state index in [0.717, 1.165) is 6.42 Å². The highest BCUT2D eigenvalue weighted by Crippen LogP contribution is 2.44. The smallest absolute Gasteiger partial charge is 0.159 e. The predicted octanol–water partition coefficient (Wildman–Crippen LogP) is 3.76. The summed E-state index contributed by atoms with van der Waals surface area (Å²) >= 11 is 0. The molecule has 1 heteroatoms. The van der Waals surface area contributed by atoms with Gasteiger partial charge in [-0.15, -0.1) is 0 Å². The van der Waals surface area contributed by atoms with Gasteiger partial charge < -0.3 is 0 Å². The van der Waals surface area contributed by atoms with Gasteiger partial charge in [-0.1, -0.05) is 38.5 Å². The van der Waals surface area contributed by atoms with Crippen molar-refractivity contribution >= 4 is 5.78 Å². The minimum absolute atomic E-state index is 0.00819. The van der Waals surface area contributed by atoms with Crippen molar-refractivity contribution in [3.8, 4) is 0 Å². The number of hydrogen-bond donors (Lipinski definition) is 0. The Bertz CT molecular complexity index is 307. The molecule has 2 atom stereocenters. The quantitative estimate of drug-likeness (QED) is 0.496. The lowest BCUT2D eigenvalue weighted by Crippen LogP contribution is -2.38. The largest absolute Gasteiger partial charge is 0.295 e. The van der Waals surface area contributed by atoms with Crippen LogP contribution in [0, 0.1) is 17.3 Å². The third kappa shape index (κ3) is 2.22. The van der Waals surface area contributed by atoms with E-state index >= 15 is 0 Å². The topological polar surface area (TPSA) is 17.1 Å². The molecule has 15 heavy (non-hydrogen) atoms. The molecule has 0 N–H and O–H groups in total. The van der Waals surface area contributed by atoms with E-state index in [1.165, 1.54) is 5.57 Å². The van der Waals surface area contributed by atoms with Gasteiger partial charge in [-0.2, -0.15) is 0 Å². The van der Waals surface area contributed by atoms with Gasteiger partial charge in [0.2, 0.25) is 0 Å². The van der Waals surface area contributed by atoms with Crippen molar-refractivity contribution in [1.29, 1.82) is 0 Å². The van der Waals surface area contributed by atoms with Gasteiger partial charge in [-0.3, -0.25) is 4.79 Å². The summed E-state index contributed by atoms with van der Waals surface area (Å²) in [5, 5.41) is 0. The van der Waals surface area contributed by atoms with Gasteiger partial charge in [0.05, 0.1) is 0 Å². The molecule has 84 valence electrons. The maximum atomic E-state index is 12.1. The summed E-state index contributed by atoms with van der Waals surface area (Å²) in [6.07, 6.45) is 6.88. The Hall–Kier alpha value is -0.850. The molecule has 1 rings (SSSR count). The van der Waals surface area contributed by atoms with Crippen molar-refractivity contribution in [1.82, 2.24) is 0 Å². The van der Waals surface area contributed by atoms with Gasteiger partial charge in [0.15, 0.2) is 5.78 Å². The Morgan fingerprint density at radius 2 is 2.13 bits per heavy atom. The summed E-state index contributed by atoms with van der Waals surface area (Å²) in [6, 6.07) is 0. The third-order valence-corrected chi connectivity index (χ3v) is 3.80. The maximum Gasteiger partial charge on any atom is 0.159 e. The zero-order chi connectivity index (χ0) is 11.6. The Labute approximate surface area is 93.3 Å². The van der Waals surface area contributed by atoms with Gasteiger partial charge in [-0.05, 0) is 37.7 Å². The molecule has 0 radical (unpaired) electrons. The van der Waals surface area contributed by atoms with E-state index in [4.69, 9.17) is 0 Å². The zero-order valence-corrected chi connectivity index (χ0v) is 10.5. The fraction of sp³-hybridized carbons (Fsp3) is 0.643. The first-order valence-electron chi connectivity index (χ1n) is 5.75. The van der Waals surface area contributed by atoms with Gasteiger partial charge in [0.1, 0.15) is 0 Å². The molecule has 0 spiro atoms. The number of ketones is 1. The second-order valence-electron chi connectivity index (χ2n) is 5.20. The third-order valence-electron chi connectivity index (χ3n) is 3.80. The summed E-state index contributed by atoms with van der Waals surface area (Å²) in [6.45, 7) is 10.6. The molecule has 0 saturated heterocycles. The molecule has 0 aliphatic heterocycles. The molecule has 0 aromatic heterocycles. The van der Waals surface area contributed by atoms with Crippen LogP contribution in [0.5, 0.6) is 0 Å². The van der Waals surface area contributed by atoms with Gasteiger partial charge in [-0.25, -0.2) is 0 Å². The van der Waals surface area contributed by atoms with E-state index < -0.39 is 0 Å². The SMILES string of the molecule is C/C=C/C(=O)[C@H]1[C@@H](C)CC=C(C)C1(C)C. The first-order chi connectivity index (χ1) is 6.91. The van der Waals surface area contributed by atoms with Crippen LogP contribution in [0.3, 0.4) is 0 Å². The van der Waals surface area contributed by atoms with Crippen LogP contribution in [0.1, 0.15) is 41.0 Å². The van der Waals surface area contributed by atoms with Gasteiger partial charge >= 0.3 is 0 Å². The van der Waals surface area contributed by atoms with E-state index in [0.29, 0.717) is 5.92 Å². The fourth-order valence-corrected chi connectivity index (χ4v) is 2.62. The Morgan fingerprint density at radius 1 is 1.53 bits per heavy atom. The minimum Gasteiger partial charge on any atom is -0.295 e. The molecule has 1 aliphatic carbocycles. The summed E-state index contributed by atoms with van der Waals surface area (Å²) in [5.74, 6) is 0.869. The number of rotatable bonds is 2. The summed E-state index contributed by atoms with van der Waals surface area (Å²) in [4.78, 5) is 12.1. The fourth-order valence-electron chi connectivity index (χ4n) is 2.62. The van der Waals surface area contributed by atoms with E-state index in [1.807, 2.05) is 13.0 Å². The summed E-state index contributed by atoms with van der Waals surface area (Å²) in [7, 11) is 0. The van der Waals surface area contributed by atoms with Crippen LogP contribution in [0.2, 0.25) is 0 Å². The zero-order valence-electron chi connectivity index (χ0n) is 10.5. The van der Waals surface area contributed by atoms with Crippen LogP contribution in [-0.4, -0.2) is 5.78 Å². The first kappa shape index (κ1) is 12.2. The van der Waals surface area contributed by atoms with Gasteiger partial charge in [0.25, 0.3) is 0 Å². The van der Waals surface area contributed by atoms with Gasteiger partial charge in [0, 0.05) is 5.92 Å². The highest BCUT2D eigenvalue weighted by atomic mass is 16.1. The van der Waals surface area contributed by atoms with Crippen LogP contribution in [-0.2, 0) is 4.79 Å². The second kappa shape index (κ2) is 4.34.